The molecule has 1 aromatic rings. The fraction of sp³-hybridized carbons (Fsp3) is 0.308. The Hall–Kier alpha value is -1.84. The van der Waals surface area contributed by atoms with E-state index in [1.54, 1.807) is 18.2 Å². The van der Waals surface area contributed by atoms with Gasteiger partial charge in [0, 0.05) is 13.1 Å². The highest BCUT2D eigenvalue weighted by atomic mass is 19.1. The van der Waals surface area contributed by atoms with E-state index in [0.717, 1.165) is 18.1 Å². The van der Waals surface area contributed by atoms with Crippen molar-refractivity contribution < 1.29 is 4.39 Å². The maximum Gasteiger partial charge on any atom is 0.191 e. The van der Waals surface area contributed by atoms with Gasteiger partial charge < -0.3 is 10.6 Å². The number of halogens is 1. The third kappa shape index (κ3) is 5.15. The molecule has 0 spiro atoms. The first-order valence-corrected chi connectivity index (χ1v) is 5.63. The van der Waals surface area contributed by atoms with E-state index in [0.29, 0.717) is 13.1 Å². The Kier molecular flexibility index (Phi) is 5.79. The Bertz CT molecular complexity index is 371. The third-order valence-corrected chi connectivity index (χ3v) is 2.09. The molecule has 0 atom stereocenters. The highest BCUT2D eigenvalue weighted by molar-refractivity contribution is 5.79. The summed E-state index contributed by atoms with van der Waals surface area (Å²) < 4.78 is 12.7. The van der Waals surface area contributed by atoms with E-state index in [1.807, 2.05) is 6.92 Å². The number of rotatable bonds is 5. The van der Waals surface area contributed by atoms with E-state index in [2.05, 4.69) is 22.2 Å². The molecule has 0 saturated heterocycles. The predicted octanol–water partition coefficient (Wildman–Crippen LogP) is 2.07. The van der Waals surface area contributed by atoms with Crippen LogP contribution in [0.3, 0.4) is 0 Å². The number of nitrogens with one attached hydrogen (secondary N) is 2. The van der Waals surface area contributed by atoms with Gasteiger partial charge in [-0.25, -0.2) is 9.38 Å². The lowest BCUT2D eigenvalue weighted by atomic mass is 10.2. The van der Waals surface area contributed by atoms with Crippen LogP contribution in [0.15, 0.2) is 41.9 Å². The molecule has 2 N–H and O–H groups in total. The fourth-order valence-electron chi connectivity index (χ4n) is 1.27. The van der Waals surface area contributed by atoms with Crippen LogP contribution in [0.5, 0.6) is 0 Å². The maximum absolute atomic E-state index is 12.7. The molecular weight excluding hydrogens is 217 g/mol. The number of guanidine groups is 1. The van der Waals surface area contributed by atoms with Crippen LogP contribution in [0.4, 0.5) is 4.39 Å². The van der Waals surface area contributed by atoms with Gasteiger partial charge in [0.1, 0.15) is 5.82 Å². The smallest absolute Gasteiger partial charge is 0.191 e. The van der Waals surface area contributed by atoms with Crippen molar-refractivity contribution in [1.29, 1.82) is 0 Å². The molecule has 0 aliphatic rings. The van der Waals surface area contributed by atoms with Gasteiger partial charge in [-0.3, -0.25) is 0 Å². The van der Waals surface area contributed by atoms with Crippen molar-refractivity contribution in [3.63, 3.8) is 0 Å². The molecule has 0 fully saturated rings. The maximum atomic E-state index is 12.7. The first-order valence-electron chi connectivity index (χ1n) is 5.63. The first-order chi connectivity index (χ1) is 8.26. The van der Waals surface area contributed by atoms with Gasteiger partial charge >= 0.3 is 0 Å². The predicted molar refractivity (Wildman–Crippen MR) is 69.4 cm³/mol. The van der Waals surface area contributed by atoms with Gasteiger partial charge in [0.2, 0.25) is 0 Å². The molecule has 92 valence electrons. The SMILES string of the molecule is C=CCNC(=NCc1ccc(F)cc1)NCC. The van der Waals surface area contributed by atoms with Crippen LogP contribution >= 0.6 is 0 Å². The lowest BCUT2D eigenvalue weighted by Gasteiger charge is -2.09. The molecule has 0 aliphatic carbocycles. The van der Waals surface area contributed by atoms with E-state index in [-0.39, 0.29) is 5.82 Å². The quantitative estimate of drug-likeness (QED) is 0.465. The molecule has 0 aromatic heterocycles. The zero-order chi connectivity index (χ0) is 12.5. The number of hydrogen-bond donors (Lipinski definition) is 2. The summed E-state index contributed by atoms with van der Waals surface area (Å²) in [6.07, 6.45) is 1.77. The highest BCUT2D eigenvalue weighted by Crippen LogP contribution is 2.03. The summed E-state index contributed by atoms with van der Waals surface area (Å²) in [5.41, 5.74) is 0.974. The van der Waals surface area contributed by atoms with E-state index >= 15 is 0 Å². The molecule has 3 nitrogen and oxygen atoms in total. The standard InChI is InChI=1S/C13H18FN3/c1-3-9-16-13(15-4-2)17-10-11-5-7-12(14)8-6-11/h3,5-8H,1,4,9-10H2,2H3,(H2,15,16,17). The Labute approximate surface area is 101 Å². The zero-order valence-corrected chi connectivity index (χ0v) is 10.0. The van der Waals surface area contributed by atoms with E-state index < -0.39 is 0 Å². The second kappa shape index (κ2) is 7.44. The number of hydrogen-bond acceptors (Lipinski definition) is 1. The van der Waals surface area contributed by atoms with Crippen LogP contribution in [0, 0.1) is 5.82 Å². The van der Waals surface area contributed by atoms with Crippen molar-refractivity contribution in [2.24, 2.45) is 4.99 Å². The average Bonchev–Trinajstić information content (AvgIpc) is 2.35. The zero-order valence-electron chi connectivity index (χ0n) is 10.0. The average molecular weight is 235 g/mol. The second-order valence-corrected chi connectivity index (χ2v) is 3.49. The van der Waals surface area contributed by atoms with Gasteiger partial charge in [0.25, 0.3) is 0 Å². The topological polar surface area (TPSA) is 36.4 Å². The summed E-state index contributed by atoms with van der Waals surface area (Å²) in [5, 5.41) is 6.21. The molecule has 0 bridgehead atoms. The van der Waals surface area contributed by atoms with Crippen molar-refractivity contribution in [1.82, 2.24) is 10.6 Å². The molecule has 1 rings (SSSR count). The van der Waals surface area contributed by atoms with Crippen LogP contribution in [-0.4, -0.2) is 19.0 Å². The van der Waals surface area contributed by atoms with E-state index in [4.69, 9.17) is 0 Å². The third-order valence-electron chi connectivity index (χ3n) is 2.09. The second-order valence-electron chi connectivity index (χ2n) is 3.49. The first kappa shape index (κ1) is 13.2. The number of nitrogens with zero attached hydrogens (tertiary/aromatic N) is 1. The minimum atomic E-state index is -0.227. The lowest BCUT2D eigenvalue weighted by Crippen LogP contribution is -2.37. The lowest BCUT2D eigenvalue weighted by molar-refractivity contribution is 0.627. The van der Waals surface area contributed by atoms with Crippen LogP contribution in [-0.2, 0) is 6.54 Å². The molecule has 0 amide bonds. The van der Waals surface area contributed by atoms with Crippen molar-refractivity contribution in [3.8, 4) is 0 Å². The molecule has 1 aromatic carbocycles. The summed E-state index contributed by atoms with van der Waals surface area (Å²) in [7, 11) is 0. The van der Waals surface area contributed by atoms with Crippen LogP contribution in [0.1, 0.15) is 12.5 Å². The van der Waals surface area contributed by atoms with Crippen molar-refractivity contribution in [2.45, 2.75) is 13.5 Å². The Morgan fingerprint density at radius 2 is 2.06 bits per heavy atom. The van der Waals surface area contributed by atoms with Gasteiger partial charge in [-0.05, 0) is 24.6 Å². The molecule has 4 heteroatoms. The van der Waals surface area contributed by atoms with Crippen LogP contribution in [0.25, 0.3) is 0 Å². The number of aliphatic imine (C=N–C) groups is 1. The van der Waals surface area contributed by atoms with Crippen molar-refractivity contribution in [2.75, 3.05) is 13.1 Å². The molecule has 0 saturated carbocycles. The largest absolute Gasteiger partial charge is 0.357 e. The fourth-order valence-corrected chi connectivity index (χ4v) is 1.27. The van der Waals surface area contributed by atoms with Gasteiger partial charge in [-0.15, -0.1) is 6.58 Å². The van der Waals surface area contributed by atoms with E-state index in [1.165, 1.54) is 12.1 Å². The summed E-state index contributed by atoms with van der Waals surface area (Å²) in [6, 6.07) is 6.34. The van der Waals surface area contributed by atoms with E-state index in [9.17, 15) is 4.39 Å². The van der Waals surface area contributed by atoms with Gasteiger partial charge in [0.15, 0.2) is 5.96 Å². The monoisotopic (exact) mass is 235 g/mol. The Morgan fingerprint density at radius 1 is 1.35 bits per heavy atom. The summed E-state index contributed by atoms with van der Waals surface area (Å²) in [4.78, 5) is 4.38. The highest BCUT2D eigenvalue weighted by Gasteiger charge is 1.96. The molecule has 17 heavy (non-hydrogen) atoms. The van der Waals surface area contributed by atoms with Gasteiger partial charge in [0.05, 0.1) is 6.54 Å². The molecule has 0 heterocycles. The molecule has 0 unspecified atom stereocenters. The van der Waals surface area contributed by atoms with Crippen molar-refractivity contribution >= 4 is 5.96 Å². The van der Waals surface area contributed by atoms with Crippen molar-refractivity contribution in [3.05, 3.63) is 48.3 Å². The minimum Gasteiger partial charge on any atom is -0.357 e. The molecule has 0 aliphatic heterocycles. The van der Waals surface area contributed by atoms with Crippen LogP contribution in [0.2, 0.25) is 0 Å². The summed E-state index contributed by atoms with van der Waals surface area (Å²) >= 11 is 0. The van der Waals surface area contributed by atoms with Crippen LogP contribution < -0.4 is 10.6 Å². The van der Waals surface area contributed by atoms with Gasteiger partial charge in [-0.2, -0.15) is 0 Å². The Balaban J connectivity index is 2.57. The molecular formula is C13H18FN3. The summed E-state index contributed by atoms with van der Waals surface area (Å²) in [6.45, 7) is 7.62. The number of benzene rings is 1. The normalized spacial score (nSPS) is 11.1. The minimum absolute atomic E-state index is 0.227. The summed E-state index contributed by atoms with van der Waals surface area (Å²) in [5.74, 6) is 0.506. The Morgan fingerprint density at radius 3 is 2.65 bits per heavy atom. The van der Waals surface area contributed by atoms with Gasteiger partial charge in [-0.1, -0.05) is 18.2 Å². The molecule has 0 radical (unpaired) electrons.